The van der Waals surface area contributed by atoms with Gasteiger partial charge in [-0.1, -0.05) is 56.3 Å². The number of non-ortho nitro benzene ring substituents is 1. The number of hydrogen-bond acceptors (Lipinski definition) is 5. The predicted molar refractivity (Wildman–Crippen MR) is 107 cm³/mol. The molecule has 6 nitrogen and oxygen atoms in total. The Morgan fingerprint density at radius 3 is 2.44 bits per heavy atom. The molecule has 0 bridgehead atoms. The van der Waals surface area contributed by atoms with Crippen molar-refractivity contribution in [3.63, 3.8) is 0 Å². The number of hydrogen-bond donors (Lipinski definition) is 1. The molecule has 1 aromatic heterocycles. The van der Waals surface area contributed by atoms with Gasteiger partial charge in [-0.25, -0.2) is 4.98 Å². The van der Waals surface area contributed by atoms with Crippen LogP contribution in [0.2, 0.25) is 0 Å². The number of aliphatic hydroxyl groups is 1. The van der Waals surface area contributed by atoms with Gasteiger partial charge in [-0.15, -0.1) is 0 Å². The standard InChI is InChI=1S/C21H23N3O3/c1-3-23(4-2)14-20(25)17-13-18(15-9-6-5-7-10-15)22-21-16(17)11-8-12-19(21)24(26)27/h5-13,20,25H,3-4,14H2,1-2H3. The largest absolute Gasteiger partial charge is 0.387 e. The fourth-order valence-corrected chi connectivity index (χ4v) is 3.26. The molecule has 1 heterocycles. The van der Waals surface area contributed by atoms with Gasteiger partial charge in [-0.3, -0.25) is 10.1 Å². The quantitative estimate of drug-likeness (QED) is 0.502. The van der Waals surface area contributed by atoms with Gasteiger partial charge in [0.2, 0.25) is 0 Å². The van der Waals surface area contributed by atoms with Crippen LogP contribution in [-0.4, -0.2) is 39.5 Å². The molecule has 0 saturated heterocycles. The van der Waals surface area contributed by atoms with Crippen molar-refractivity contribution >= 4 is 16.6 Å². The summed E-state index contributed by atoms with van der Waals surface area (Å²) in [4.78, 5) is 17.8. The number of benzene rings is 2. The Labute approximate surface area is 158 Å². The predicted octanol–water partition coefficient (Wildman–Crippen LogP) is 4.19. The molecule has 140 valence electrons. The molecule has 3 rings (SSSR count). The van der Waals surface area contributed by atoms with E-state index in [2.05, 4.69) is 9.88 Å². The highest BCUT2D eigenvalue weighted by Crippen LogP contribution is 2.33. The number of fused-ring (bicyclic) bond motifs is 1. The molecule has 1 unspecified atom stereocenters. The second kappa shape index (κ2) is 8.24. The number of para-hydroxylation sites is 1. The second-order valence-corrected chi connectivity index (χ2v) is 6.39. The van der Waals surface area contributed by atoms with Crippen LogP contribution in [-0.2, 0) is 0 Å². The molecule has 0 aliphatic rings. The summed E-state index contributed by atoms with van der Waals surface area (Å²) in [6.45, 7) is 6.19. The Morgan fingerprint density at radius 2 is 1.81 bits per heavy atom. The lowest BCUT2D eigenvalue weighted by atomic mass is 9.99. The molecule has 0 fully saturated rings. The van der Waals surface area contributed by atoms with E-state index in [1.165, 1.54) is 6.07 Å². The number of pyridine rings is 1. The number of rotatable bonds is 7. The zero-order valence-corrected chi connectivity index (χ0v) is 15.5. The Kier molecular flexibility index (Phi) is 5.78. The number of likely N-dealkylation sites (N-methyl/N-ethyl adjacent to an activating group) is 1. The molecule has 0 spiro atoms. The van der Waals surface area contributed by atoms with Crippen molar-refractivity contribution in [1.29, 1.82) is 0 Å². The van der Waals surface area contributed by atoms with Gasteiger partial charge >= 0.3 is 0 Å². The number of aliphatic hydroxyl groups excluding tert-OH is 1. The van der Waals surface area contributed by atoms with Gasteiger partial charge in [0.1, 0.15) is 5.52 Å². The van der Waals surface area contributed by atoms with Gasteiger partial charge in [0.25, 0.3) is 5.69 Å². The summed E-state index contributed by atoms with van der Waals surface area (Å²) in [7, 11) is 0. The van der Waals surface area contributed by atoms with Crippen LogP contribution in [0.5, 0.6) is 0 Å². The van der Waals surface area contributed by atoms with Crippen molar-refractivity contribution in [1.82, 2.24) is 9.88 Å². The highest BCUT2D eigenvalue weighted by molar-refractivity contribution is 5.92. The third kappa shape index (κ3) is 3.97. The van der Waals surface area contributed by atoms with Crippen LogP contribution in [0.15, 0.2) is 54.6 Å². The van der Waals surface area contributed by atoms with Crippen LogP contribution < -0.4 is 0 Å². The third-order valence-corrected chi connectivity index (χ3v) is 4.80. The smallest absolute Gasteiger partial charge is 0.295 e. The topological polar surface area (TPSA) is 79.5 Å². The molecule has 0 amide bonds. The van der Waals surface area contributed by atoms with Crippen molar-refractivity contribution in [3.8, 4) is 11.3 Å². The van der Waals surface area contributed by atoms with Crippen molar-refractivity contribution < 1.29 is 10.0 Å². The third-order valence-electron chi connectivity index (χ3n) is 4.80. The highest BCUT2D eigenvalue weighted by atomic mass is 16.6. The second-order valence-electron chi connectivity index (χ2n) is 6.39. The maximum Gasteiger partial charge on any atom is 0.295 e. The molecule has 3 aromatic rings. The molecule has 1 atom stereocenters. The molecule has 27 heavy (non-hydrogen) atoms. The van der Waals surface area contributed by atoms with E-state index in [9.17, 15) is 15.2 Å². The summed E-state index contributed by atoms with van der Waals surface area (Å²) in [5.74, 6) is 0. The van der Waals surface area contributed by atoms with Gasteiger partial charge in [-0.05, 0) is 24.7 Å². The first kappa shape index (κ1) is 18.9. The summed E-state index contributed by atoms with van der Waals surface area (Å²) in [5.41, 5.74) is 2.38. The monoisotopic (exact) mass is 365 g/mol. The average molecular weight is 365 g/mol. The van der Waals surface area contributed by atoms with Crippen LogP contribution >= 0.6 is 0 Å². The lowest BCUT2D eigenvalue weighted by Crippen LogP contribution is -2.28. The number of nitro groups is 1. The fraction of sp³-hybridized carbons (Fsp3) is 0.286. The van der Waals surface area contributed by atoms with E-state index in [0.717, 1.165) is 18.7 Å². The fourth-order valence-electron chi connectivity index (χ4n) is 3.26. The zero-order chi connectivity index (χ0) is 19.4. The van der Waals surface area contributed by atoms with Crippen molar-refractivity contribution in [2.24, 2.45) is 0 Å². The SMILES string of the molecule is CCN(CC)CC(O)c1cc(-c2ccccc2)nc2c([N+](=O)[O-])cccc12. The molecule has 0 aliphatic carbocycles. The molecule has 1 N–H and O–H groups in total. The van der Waals surface area contributed by atoms with Gasteiger partial charge in [-0.2, -0.15) is 0 Å². The maximum absolute atomic E-state index is 11.5. The first-order chi connectivity index (χ1) is 13.0. The van der Waals surface area contributed by atoms with E-state index in [0.29, 0.717) is 28.7 Å². The Bertz CT molecular complexity index is 940. The highest BCUT2D eigenvalue weighted by Gasteiger charge is 2.21. The van der Waals surface area contributed by atoms with Crippen LogP contribution in [0.25, 0.3) is 22.2 Å². The molecule has 0 aliphatic heterocycles. The first-order valence-corrected chi connectivity index (χ1v) is 9.09. The summed E-state index contributed by atoms with van der Waals surface area (Å²) >= 11 is 0. The minimum Gasteiger partial charge on any atom is -0.387 e. The van der Waals surface area contributed by atoms with Crippen molar-refractivity contribution in [2.75, 3.05) is 19.6 Å². The van der Waals surface area contributed by atoms with E-state index in [1.807, 2.05) is 50.2 Å². The summed E-state index contributed by atoms with van der Waals surface area (Å²) < 4.78 is 0. The molecule has 0 radical (unpaired) electrons. The molecular weight excluding hydrogens is 342 g/mol. The minimum absolute atomic E-state index is 0.0541. The molecule has 0 saturated carbocycles. The van der Waals surface area contributed by atoms with E-state index in [-0.39, 0.29) is 5.69 Å². The van der Waals surface area contributed by atoms with Gasteiger partial charge in [0, 0.05) is 23.6 Å². The normalized spacial score (nSPS) is 12.4. The first-order valence-electron chi connectivity index (χ1n) is 9.09. The maximum atomic E-state index is 11.5. The summed E-state index contributed by atoms with van der Waals surface area (Å²) in [5, 5.41) is 23.0. The Balaban J connectivity index is 2.21. The van der Waals surface area contributed by atoms with E-state index in [1.54, 1.807) is 12.1 Å². The van der Waals surface area contributed by atoms with E-state index < -0.39 is 11.0 Å². The van der Waals surface area contributed by atoms with E-state index in [4.69, 9.17) is 0 Å². The summed E-state index contributed by atoms with van der Waals surface area (Å²) in [6.07, 6.45) is -0.764. The number of aromatic nitrogens is 1. The van der Waals surface area contributed by atoms with Crippen LogP contribution in [0.4, 0.5) is 5.69 Å². The molecular formula is C21H23N3O3. The zero-order valence-electron chi connectivity index (χ0n) is 15.5. The minimum atomic E-state index is -0.764. The lowest BCUT2D eigenvalue weighted by molar-refractivity contribution is -0.383. The van der Waals surface area contributed by atoms with Gasteiger partial charge in [0.05, 0.1) is 16.7 Å². The molecule has 6 heteroatoms. The summed E-state index contributed by atoms with van der Waals surface area (Å²) in [6, 6.07) is 16.2. The van der Waals surface area contributed by atoms with Crippen LogP contribution in [0, 0.1) is 10.1 Å². The molecule has 2 aromatic carbocycles. The van der Waals surface area contributed by atoms with Gasteiger partial charge < -0.3 is 10.0 Å². The number of nitro benzene ring substituents is 1. The lowest BCUT2D eigenvalue weighted by Gasteiger charge is -2.23. The van der Waals surface area contributed by atoms with Gasteiger partial charge in [0.15, 0.2) is 0 Å². The van der Waals surface area contributed by atoms with Crippen LogP contribution in [0.3, 0.4) is 0 Å². The van der Waals surface area contributed by atoms with Crippen LogP contribution in [0.1, 0.15) is 25.5 Å². The number of nitrogens with zero attached hydrogens (tertiary/aromatic N) is 3. The Morgan fingerprint density at radius 1 is 1.11 bits per heavy atom. The Hall–Kier alpha value is -2.83. The van der Waals surface area contributed by atoms with E-state index >= 15 is 0 Å². The van der Waals surface area contributed by atoms with Crippen molar-refractivity contribution in [3.05, 3.63) is 70.3 Å². The van der Waals surface area contributed by atoms with Crippen molar-refractivity contribution in [2.45, 2.75) is 20.0 Å². The average Bonchev–Trinajstić information content (AvgIpc) is 2.71.